The van der Waals surface area contributed by atoms with Gasteiger partial charge in [-0.2, -0.15) is 0 Å². The molecule has 5 heteroatoms. The van der Waals surface area contributed by atoms with Gasteiger partial charge < -0.3 is 14.5 Å². The lowest BCUT2D eigenvalue weighted by molar-refractivity contribution is 0.0911. The van der Waals surface area contributed by atoms with Crippen LogP contribution in [-0.2, 0) is 6.61 Å². The second-order valence-corrected chi connectivity index (χ2v) is 5.48. The Hall–Kier alpha value is -1.94. The van der Waals surface area contributed by atoms with Crippen LogP contribution in [0.25, 0.3) is 0 Å². The van der Waals surface area contributed by atoms with Gasteiger partial charge in [-0.15, -0.1) is 0 Å². The van der Waals surface area contributed by atoms with E-state index in [-0.39, 0.29) is 24.3 Å². The van der Waals surface area contributed by atoms with Gasteiger partial charge >= 0.3 is 0 Å². The van der Waals surface area contributed by atoms with Crippen LogP contribution < -0.4 is 10.1 Å². The molecular formula is C16H18ClNO3. The Kier molecular flexibility index (Phi) is 4.91. The van der Waals surface area contributed by atoms with Gasteiger partial charge in [-0.05, 0) is 44.5 Å². The summed E-state index contributed by atoms with van der Waals surface area (Å²) in [4.78, 5) is 11.8. The first-order chi connectivity index (χ1) is 9.97. The van der Waals surface area contributed by atoms with Crippen molar-refractivity contribution in [2.24, 2.45) is 0 Å². The van der Waals surface area contributed by atoms with E-state index < -0.39 is 0 Å². The maximum absolute atomic E-state index is 11.8. The number of halogens is 1. The van der Waals surface area contributed by atoms with Crippen LogP contribution in [0, 0.1) is 6.92 Å². The summed E-state index contributed by atoms with van der Waals surface area (Å²) in [5.41, 5.74) is 0.951. The predicted molar refractivity (Wildman–Crippen MR) is 81.8 cm³/mol. The Balaban J connectivity index is 2.02. The van der Waals surface area contributed by atoms with E-state index in [1.54, 1.807) is 18.2 Å². The summed E-state index contributed by atoms with van der Waals surface area (Å²) < 4.78 is 11.1. The van der Waals surface area contributed by atoms with E-state index in [9.17, 15) is 4.79 Å². The molecule has 1 heterocycles. The third-order valence-corrected chi connectivity index (χ3v) is 3.13. The number of carbonyl (C=O) groups excluding carboxylic acids is 1. The van der Waals surface area contributed by atoms with Crippen LogP contribution >= 0.6 is 11.6 Å². The molecule has 0 atom stereocenters. The van der Waals surface area contributed by atoms with Crippen LogP contribution in [0.1, 0.15) is 35.7 Å². The SMILES string of the molecule is Cc1cccc(Cl)c1OCc1ccc(C(=O)NC(C)C)o1. The average Bonchev–Trinajstić information content (AvgIpc) is 2.86. The van der Waals surface area contributed by atoms with E-state index in [1.807, 2.05) is 32.9 Å². The number of aryl methyl sites for hydroxylation is 1. The molecule has 4 nitrogen and oxygen atoms in total. The molecule has 0 aliphatic carbocycles. The zero-order valence-electron chi connectivity index (χ0n) is 12.3. The second kappa shape index (κ2) is 6.68. The lowest BCUT2D eigenvalue weighted by Crippen LogP contribution is -2.29. The Bertz CT molecular complexity index is 614. The number of furan rings is 1. The molecule has 0 fully saturated rings. The first kappa shape index (κ1) is 15.4. The van der Waals surface area contributed by atoms with Crippen molar-refractivity contribution in [2.45, 2.75) is 33.4 Å². The Morgan fingerprint density at radius 2 is 2.10 bits per heavy atom. The van der Waals surface area contributed by atoms with Gasteiger partial charge in [0.1, 0.15) is 18.1 Å². The van der Waals surface area contributed by atoms with Crippen molar-refractivity contribution in [2.75, 3.05) is 0 Å². The molecule has 0 saturated carbocycles. The van der Waals surface area contributed by atoms with Crippen LogP contribution in [0.15, 0.2) is 34.7 Å². The van der Waals surface area contributed by atoms with Crippen molar-refractivity contribution in [1.29, 1.82) is 0 Å². The Morgan fingerprint density at radius 3 is 2.76 bits per heavy atom. The molecule has 0 saturated heterocycles. The van der Waals surface area contributed by atoms with Gasteiger partial charge in [-0.25, -0.2) is 0 Å². The molecular weight excluding hydrogens is 290 g/mol. The molecule has 0 unspecified atom stereocenters. The monoisotopic (exact) mass is 307 g/mol. The Morgan fingerprint density at radius 1 is 1.33 bits per heavy atom. The zero-order valence-corrected chi connectivity index (χ0v) is 13.0. The van der Waals surface area contributed by atoms with Gasteiger partial charge in [-0.1, -0.05) is 23.7 Å². The molecule has 2 aromatic rings. The van der Waals surface area contributed by atoms with E-state index >= 15 is 0 Å². The molecule has 0 radical (unpaired) electrons. The van der Waals surface area contributed by atoms with Gasteiger partial charge in [0, 0.05) is 6.04 Å². The third-order valence-electron chi connectivity index (χ3n) is 2.83. The lowest BCUT2D eigenvalue weighted by atomic mass is 10.2. The molecule has 1 aromatic carbocycles. The minimum absolute atomic E-state index is 0.0630. The lowest BCUT2D eigenvalue weighted by Gasteiger charge is -2.09. The number of carbonyl (C=O) groups is 1. The summed E-state index contributed by atoms with van der Waals surface area (Å²) in [5, 5.41) is 3.32. The van der Waals surface area contributed by atoms with Crippen LogP contribution in [0.3, 0.4) is 0 Å². The molecule has 1 N–H and O–H groups in total. The van der Waals surface area contributed by atoms with E-state index in [0.29, 0.717) is 16.5 Å². The second-order valence-electron chi connectivity index (χ2n) is 5.07. The fourth-order valence-corrected chi connectivity index (χ4v) is 2.13. The average molecular weight is 308 g/mol. The van der Waals surface area contributed by atoms with Crippen molar-refractivity contribution in [1.82, 2.24) is 5.32 Å². The normalized spacial score (nSPS) is 10.7. The molecule has 0 aliphatic heterocycles. The maximum atomic E-state index is 11.8. The highest BCUT2D eigenvalue weighted by atomic mass is 35.5. The van der Waals surface area contributed by atoms with Gasteiger partial charge in [0.05, 0.1) is 5.02 Å². The van der Waals surface area contributed by atoms with E-state index in [2.05, 4.69) is 5.32 Å². The summed E-state index contributed by atoms with van der Waals surface area (Å²) in [7, 11) is 0. The molecule has 2 rings (SSSR count). The number of ether oxygens (including phenoxy) is 1. The number of rotatable bonds is 5. The highest BCUT2D eigenvalue weighted by Gasteiger charge is 2.13. The summed E-state index contributed by atoms with van der Waals surface area (Å²) >= 11 is 6.09. The highest BCUT2D eigenvalue weighted by molar-refractivity contribution is 6.32. The topological polar surface area (TPSA) is 51.5 Å². The first-order valence-corrected chi connectivity index (χ1v) is 7.12. The summed E-state index contributed by atoms with van der Waals surface area (Å²) in [6.07, 6.45) is 0. The first-order valence-electron chi connectivity index (χ1n) is 6.75. The van der Waals surface area contributed by atoms with Crippen LogP contribution in [-0.4, -0.2) is 11.9 Å². The number of hydrogen-bond donors (Lipinski definition) is 1. The molecule has 1 amide bonds. The molecule has 0 bridgehead atoms. The summed E-state index contributed by atoms with van der Waals surface area (Å²) in [6.45, 7) is 5.93. The largest absolute Gasteiger partial charge is 0.484 e. The minimum atomic E-state index is -0.231. The molecule has 112 valence electrons. The number of hydrogen-bond acceptors (Lipinski definition) is 3. The van der Waals surface area contributed by atoms with Crippen LogP contribution in [0.4, 0.5) is 0 Å². The number of nitrogens with one attached hydrogen (secondary N) is 1. The van der Waals surface area contributed by atoms with Crippen molar-refractivity contribution >= 4 is 17.5 Å². The minimum Gasteiger partial charge on any atom is -0.484 e. The van der Waals surface area contributed by atoms with Crippen LogP contribution in [0.2, 0.25) is 5.02 Å². The summed E-state index contributed by atoms with van der Waals surface area (Å²) in [5.74, 6) is 1.25. The molecule has 21 heavy (non-hydrogen) atoms. The van der Waals surface area contributed by atoms with E-state index in [4.69, 9.17) is 20.8 Å². The number of benzene rings is 1. The van der Waals surface area contributed by atoms with Crippen molar-refractivity contribution in [3.63, 3.8) is 0 Å². The smallest absolute Gasteiger partial charge is 0.287 e. The summed E-state index contributed by atoms with van der Waals surface area (Å²) in [6, 6.07) is 8.98. The van der Waals surface area contributed by atoms with Crippen molar-refractivity contribution in [3.05, 3.63) is 52.4 Å². The molecule has 1 aromatic heterocycles. The standard InChI is InChI=1S/C16H18ClNO3/c1-10(2)18-16(19)14-8-7-12(21-14)9-20-15-11(3)5-4-6-13(15)17/h4-8,10H,9H2,1-3H3,(H,18,19). The molecule has 0 spiro atoms. The fraction of sp³-hybridized carbons (Fsp3) is 0.312. The number of para-hydroxylation sites is 1. The van der Waals surface area contributed by atoms with Crippen molar-refractivity contribution in [3.8, 4) is 5.75 Å². The van der Waals surface area contributed by atoms with Gasteiger partial charge in [0.2, 0.25) is 0 Å². The van der Waals surface area contributed by atoms with Crippen molar-refractivity contribution < 1.29 is 13.9 Å². The third kappa shape index (κ3) is 4.02. The fourth-order valence-electron chi connectivity index (χ4n) is 1.85. The van der Waals surface area contributed by atoms with Gasteiger partial charge in [0.25, 0.3) is 5.91 Å². The van der Waals surface area contributed by atoms with E-state index in [0.717, 1.165) is 5.56 Å². The quantitative estimate of drug-likeness (QED) is 0.909. The van der Waals surface area contributed by atoms with Gasteiger partial charge in [-0.3, -0.25) is 4.79 Å². The van der Waals surface area contributed by atoms with Crippen LogP contribution in [0.5, 0.6) is 5.75 Å². The maximum Gasteiger partial charge on any atom is 0.287 e. The van der Waals surface area contributed by atoms with E-state index in [1.165, 1.54) is 0 Å². The number of amides is 1. The Labute approximate surface area is 129 Å². The molecule has 0 aliphatic rings. The zero-order chi connectivity index (χ0) is 15.4. The highest BCUT2D eigenvalue weighted by Crippen LogP contribution is 2.28. The predicted octanol–water partition coefficient (Wildman–Crippen LogP) is 3.96. The van der Waals surface area contributed by atoms with Gasteiger partial charge in [0.15, 0.2) is 5.76 Å².